The van der Waals surface area contributed by atoms with Crippen molar-refractivity contribution in [2.45, 2.75) is 63.9 Å². The van der Waals surface area contributed by atoms with Crippen LogP contribution in [-0.4, -0.2) is 17.9 Å². The van der Waals surface area contributed by atoms with Crippen molar-refractivity contribution in [1.82, 2.24) is 5.32 Å². The zero-order chi connectivity index (χ0) is 19.0. The second-order valence-corrected chi connectivity index (χ2v) is 8.03. The predicted octanol–water partition coefficient (Wildman–Crippen LogP) is 4.30. The third-order valence-electron chi connectivity index (χ3n) is 6.06. The van der Waals surface area contributed by atoms with Crippen molar-refractivity contribution in [1.29, 1.82) is 0 Å². The topological polar surface area (TPSA) is 55.4 Å². The van der Waals surface area contributed by atoms with E-state index < -0.39 is 5.92 Å². The summed E-state index contributed by atoms with van der Waals surface area (Å²) in [4.78, 5) is 26.0. The largest absolute Gasteiger partial charge is 0.462 e. The van der Waals surface area contributed by atoms with Crippen LogP contribution in [0.3, 0.4) is 0 Å². The van der Waals surface area contributed by atoms with Crippen LogP contribution in [0.4, 0.5) is 0 Å². The van der Waals surface area contributed by atoms with Crippen LogP contribution in [0.2, 0.25) is 0 Å². The van der Waals surface area contributed by atoms with Gasteiger partial charge in [-0.2, -0.15) is 0 Å². The Morgan fingerprint density at radius 3 is 2.52 bits per heavy atom. The number of carbonyl (C=O) groups excluding carboxylic acids is 2. The number of aryl methyl sites for hydroxylation is 1. The number of ketones is 1. The number of allylic oxidation sites excluding steroid dienone is 2. The highest BCUT2D eigenvalue weighted by Gasteiger charge is 2.44. The maximum absolute atomic E-state index is 13.1. The SMILES string of the molecule is C=C1NC2=C(C(=O)CCC2)C(c2ccc(C)cc2)C1C(=O)OC1CCCC1. The molecule has 4 rings (SSSR count). The number of carbonyl (C=O) groups is 2. The Balaban J connectivity index is 1.74. The minimum Gasteiger partial charge on any atom is -0.462 e. The monoisotopic (exact) mass is 365 g/mol. The molecule has 1 N–H and O–H groups in total. The molecule has 1 saturated carbocycles. The predicted molar refractivity (Wildman–Crippen MR) is 104 cm³/mol. The summed E-state index contributed by atoms with van der Waals surface area (Å²) in [5, 5.41) is 3.28. The molecular formula is C23H27NO3. The van der Waals surface area contributed by atoms with E-state index in [4.69, 9.17) is 4.74 Å². The smallest absolute Gasteiger partial charge is 0.316 e. The maximum atomic E-state index is 13.1. The van der Waals surface area contributed by atoms with Gasteiger partial charge in [0.1, 0.15) is 12.0 Å². The average molecular weight is 365 g/mol. The molecule has 1 aliphatic heterocycles. The molecule has 0 bridgehead atoms. The molecule has 1 aromatic rings. The fourth-order valence-corrected chi connectivity index (χ4v) is 4.65. The van der Waals surface area contributed by atoms with Gasteiger partial charge in [0.15, 0.2) is 5.78 Å². The molecule has 1 aromatic carbocycles. The lowest BCUT2D eigenvalue weighted by molar-refractivity contribution is -0.153. The molecule has 1 fully saturated rings. The zero-order valence-electron chi connectivity index (χ0n) is 15.9. The van der Waals surface area contributed by atoms with Gasteiger partial charge in [-0.3, -0.25) is 9.59 Å². The van der Waals surface area contributed by atoms with Crippen molar-refractivity contribution in [3.05, 3.63) is 58.9 Å². The quantitative estimate of drug-likeness (QED) is 0.811. The molecule has 4 heteroatoms. The average Bonchev–Trinajstić information content (AvgIpc) is 3.14. The highest BCUT2D eigenvalue weighted by Crippen LogP contribution is 2.44. The van der Waals surface area contributed by atoms with E-state index in [0.717, 1.165) is 60.9 Å². The Labute approximate surface area is 160 Å². The second-order valence-electron chi connectivity index (χ2n) is 8.03. The third-order valence-corrected chi connectivity index (χ3v) is 6.06. The van der Waals surface area contributed by atoms with E-state index in [1.165, 1.54) is 0 Å². The first kappa shape index (κ1) is 18.0. The third kappa shape index (κ3) is 3.45. The van der Waals surface area contributed by atoms with Crippen molar-refractivity contribution in [3.63, 3.8) is 0 Å². The number of esters is 1. The number of hydrogen-bond acceptors (Lipinski definition) is 4. The summed E-state index contributed by atoms with van der Waals surface area (Å²) in [6.45, 7) is 6.18. The van der Waals surface area contributed by atoms with Crippen molar-refractivity contribution >= 4 is 11.8 Å². The number of rotatable bonds is 3. The zero-order valence-corrected chi connectivity index (χ0v) is 15.9. The first-order valence-electron chi connectivity index (χ1n) is 10.0. The van der Waals surface area contributed by atoms with Gasteiger partial charge in [0.2, 0.25) is 0 Å². The summed E-state index contributed by atoms with van der Waals surface area (Å²) in [7, 11) is 0. The fraction of sp³-hybridized carbons (Fsp3) is 0.478. The molecule has 27 heavy (non-hydrogen) atoms. The van der Waals surface area contributed by atoms with E-state index in [1.807, 2.05) is 31.2 Å². The highest BCUT2D eigenvalue weighted by molar-refractivity contribution is 6.00. The van der Waals surface area contributed by atoms with Crippen LogP contribution in [0.25, 0.3) is 0 Å². The summed E-state index contributed by atoms with van der Waals surface area (Å²) in [5.74, 6) is -0.986. The van der Waals surface area contributed by atoms with E-state index in [1.54, 1.807) is 0 Å². The minimum absolute atomic E-state index is 0.00130. The van der Waals surface area contributed by atoms with Gasteiger partial charge < -0.3 is 10.1 Å². The molecule has 0 radical (unpaired) electrons. The summed E-state index contributed by atoms with van der Waals surface area (Å²) < 4.78 is 5.84. The summed E-state index contributed by atoms with van der Waals surface area (Å²) in [6, 6.07) is 8.13. The van der Waals surface area contributed by atoms with Crippen molar-refractivity contribution in [2.24, 2.45) is 5.92 Å². The van der Waals surface area contributed by atoms with Crippen LogP contribution in [-0.2, 0) is 14.3 Å². The Morgan fingerprint density at radius 2 is 1.81 bits per heavy atom. The summed E-state index contributed by atoms with van der Waals surface area (Å²) >= 11 is 0. The van der Waals surface area contributed by atoms with Gasteiger partial charge in [-0.05, 0) is 51.0 Å². The van der Waals surface area contributed by atoms with Crippen LogP contribution < -0.4 is 5.32 Å². The molecule has 2 unspecified atom stereocenters. The number of Topliss-reactive ketones (excluding diaryl/α,β-unsaturated/α-hetero) is 1. The highest BCUT2D eigenvalue weighted by atomic mass is 16.5. The molecule has 4 nitrogen and oxygen atoms in total. The Hall–Kier alpha value is -2.36. The first-order valence-corrected chi connectivity index (χ1v) is 10.0. The lowest BCUT2D eigenvalue weighted by atomic mass is 9.71. The summed E-state index contributed by atoms with van der Waals surface area (Å²) in [6.07, 6.45) is 6.29. The summed E-state index contributed by atoms with van der Waals surface area (Å²) in [5.41, 5.74) is 4.48. The lowest BCUT2D eigenvalue weighted by Gasteiger charge is -2.38. The molecule has 0 saturated heterocycles. The maximum Gasteiger partial charge on any atom is 0.316 e. The first-order chi connectivity index (χ1) is 13.0. The van der Waals surface area contributed by atoms with Gasteiger partial charge >= 0.3 is 5.97 Å². The van der Waals surface area contributed by atoms with Crippen LogP contribution >= 0.6 is 0 Å². The van der Waals surface area contributed by atoms with Crippen molar-refractivity contribution in [2.75, 3.05) is 0 Å². The van der Waals surface area contributed by atoms with E-state index in [2.05, 4.69) is 11.9 Å². The molecule has 0 amide bonds. The molecular weight excluding hydrogens is 338 g/mol. The lowest BCUT2D eigenvalue weighted by Crippen LogP contribution is -2.41. The van der Waals surface area contributed by atoms with Gasteiger partial charge in [0.05, 0.1) is 0 Å². The molecule has 2 atom stereocenters. The van der Waals surface area contributed by atoms with Crippen LogP contribution in [0, 0.1) is 12.8 Å². The standard InChI is InChI=1S/C23H27NO3/c1-14-10-12-16(13-11-14)21-20(23(26)27-17-6-3-4-7-17)15(2)24-18-8-5-9-19(25)22(18)21/h10-13,17,20-21,24H,2-9H2,1H3. The van der Waals surface area contributed by atoms with Gasteiger partial charge in [-0.15, -0.1) is 0 Å². The van der Waals surface area contributed by atoms with Gasteiger partial charge in [-0.1, -0.05) is 36.4 Å². The van der Waals surface area contributed by atoms with E-state index in [-0.39, 0.29) is 23.8 Å². The van der Waals surface area contributed by atoms with E-state index in [9.17, 15) is 9.59 Å². The molecule has 2 aliphatic carbocycles. The Bertz CT molecular complexity index is 799. The molecule has 0 spiro atoms. The van der Waals surface area contributed by atoms with E-state index in [0.29, 0.717) is 12.1 Å². The van der Waals surface area contributed by atoms with Crippen LogP contribution in [0.1, 0.15) is 62.0 Å². The molecule has 1 heterocycles. The molecule has 3 aliphatic rings. The fourth-order valence-electron chi connectivity index (χ4n) is 4.65. The number of nitrogens with one attached hydrogen (secondary N) is 1. The van der Waals surface area contributed by atoms with Crippen molar-refractivity contribution < 1.29 is 14.3 Å². The number of ether oxygens (including phenoxy) is 1. The van der Waals surface area contributed by atoms with Gasteiger partial charge in [0, 0.05) is 29.3 Å². The van der Waals surface area contributed by atoms with Crippen LogP contribution in [0.15, 0.2) is 47.8 Å². The van der Waals surface area contributed by atoms with Crippen molar-refractivity contribution in [3.8, 4) is 0 Å². The second kappa shape index (κ2) is 7.34. The van der Waals surface area contributed by atoms with E-state index >= 15 is 0 Å². The molecule has 0 aromatic heterocycles. The van der Waals surface area contributed by atoms with Crippen LogP contribution in [0.5, 0.6) is 0 Å². The Morgan fingerprint density at radius 1 is 1.11 bits per heavy atom. The normalized spacial score (nSPS) is 26.0. The Kier molecular flexibility index (Phi) is 4.90. The minimum atomic E-state index is -0.561. The van der Waals surface area contributed by atoms with Gasteiger partial charge in [0.25, 0.3) is 0 Å². The number of benzene rings is 1. The van der Waals surface area contributed by atoms with Gasteiger partial charge in [-0.25, -0.2) is 0 Å². The number of hydrogen-bond donors (Lipinski definition) is 1. The molecule has 142 valence electrons.